The third-order valence-electron chi connectivity index (χ3n) is 1.77. The highest BCUT2D eigenvalue weighted by Crippen LogP contribution is 2.32. The summed E-state index contributed by atoms with van der Waals surface area (Å²) in [6.45, 7) is 0. The Kier molecular flexibility index (Phi) is 4.41. The van der Waals surface area contributed by atoms with Gasteiger partial charge in [-0.1, -0.05) is 0 Å². The van der Waals surface area contributed by atoms with E-state index in [1.807, 2.05) is 0 Å². The molecule has 0 unspecified atom stereocenters. The van der Waals surface area contributed by atoms with Crippen molar-refractivity contribution in [2.75, 3.05) is 0 Å². The van der Waals surface area contributed by atoms with Gasteiger partial charge < -0.3 is 4.74 Å². The molecule has 10 heteroatoms. The topological polar surface area (TPSA) is 43.4 Å². The molecule has 0 bridgehead atoms. The summed E-state index contributed by atoms with van der Waals surface area (Å²) in [5.41, 5.74) is 0. The summed E-state index contributed by atoms with van der Waals surface area (Å²) >= 11 is 0. The van der Waals surface area contributed by atoms with E-state index in [9.17, 15) is 30.4 Å². The lowest BCUT2D eigenvalue weighted by atomic mass is 10.3. The van der Waals surface area contributed by atoms with Crippen LogP contribution in [-0.4, -0.2) is 14.5 Å². The van der Waals surface area contributed by atoms with E-state index in [2.05, 4.69) is 4.74 Å². The Bertz CT molecular complexity index is 593. The van der Waals surface area contributed by atoms with Crippen LogP contribution in [0.1, 0.15) is 0 Å². The second kappa shape index (κ2) is 5.33. The standard InChI is InChI=1S/C9H4ClF5O3S/c10-19(16,17)6-3-1-5(2-4-6)18-9(14,15)7(11)8(12)13/h1-4H. The molecule has 19 heavy (non-hydrogen) atoms. The fraction of sp³-hybridized carbons (Fsp3) is 0.111. The Morgan fingerprint density at radius 1 is 1.11 bits per heavy atom. The molecule has 0 N–H and O–H groups in total. The zero-order valence-electron chi connectivity index (χ0n) is 8.71. The molecular weight excluding hydrogens is 319 g/mol. The highest BCUT2D eigenvalue weighted by atomic mass is 35.7. The predicted molar refractivity (Wildman–Crippen MR) is 55.4 cm³/mol. The molecule has 0 saturated heterocycles. The van der Waals surface area contributed by atoms with Crippen LogP contribution >= 0.6 is 10.7 Å². The molecule has 0 fully saturated rings. The largest absolute Gasteiger partial charge is 0.459 e. The number of halogens is 6. The average molecular weight is 323 g/mol. The summed E-state index contributed by atoms with van der Waals surface area (Å²) in [4.78, 5) is -0.419. The minimum Gasteiger partial charge on any atom is -0.427 e. The van der Waals surface area contributed by atoms with Crippen molar-refractivity contribution >= 4 is 19.7 Å². The molecular formula is C9H4ClF5O3S. The highest BCUT2D eigenvalue weighted by Gasteiger charge is 2.42. The summed E-state index contributed by atoms with van der Waals surface area (Å²) in [7, 11) is 0.885. The Hall–Kier alpha value is -1.35. The molecule has 1 aromatic rings. The second-order valence-corrected chi connectivity index (χ2v) is 5.67. The van der Waals surface area contributed by atoms with E-state index in [-0.39, 0.29) is 0 Å². The third kappa shape index (κ3) is 4.06. The van der Waals surface area contributed by atoms with Gasteiger partial charge in [-0.3, -0.25) is 0 Å². The first-order valence-electron chi connectivity index (χ1n) is 4.37. The van der Waals surface area contributed by atoms with Gasteiger partial charge in [-0.05, 0) is 24.3 Å². The zero-order chi connectivity index (χ0) is 14.8. The van der Waals surface area contributed by atoms with Gasteiger partial charge >= 0.3 is 12.2 Å². The fourth-order valence-electron chi connectivity index (χ4n) is 0.973. The molecule has 0 radical (unpaired) electrons. The Morgan fingerprint density at radius 2 is 1.58 bits per heavy atom. The number of alkyl halides is 2. The highest BCUT2D eigenvalue weighted by molar-refractivity contribution is 8.13. The van der Waals surface area contributed by atoms with Crippen molar-refractivity contribution in [1.29, 1.82) is 0 Å². The van der Waals surface area contributed by atoms with Crippen LogP contribution in [0.25, 0.3) is 0 Å². The molecule has 1 aromatic carbocycles. The lowest BCUT2D eigenvalue weighted by Gasteiger charge is -2.15. The van der Waals surface area contributed by atoms with Crippen LogP contribution in [0.15, 0.2) is 41.1 Å². The molecule has 3 nitrogen and oxygen atoms in total. The number of hydrogen-bond acceptors (Lipinski definition) is 3. The maximum Gasteiger partial charge on any atom is 0.459 e. The minimum absolute atomic E-state index is 0.419. The third-order valence-corrected chi connectivity index (χ3v) is 3.14. The minimum atomic E-state index is -4.86. The summed E-state index contributed by atoms with van der Waals surface area (Å²) < 4.78 is 86.8. The molecule has 106 valence electrons. The van der Waals surface area contributed by atoms with Crippen LogP contribution in [0.5, 0.6) is 5.75 Å². The average Bonchev–Trinajstić information content (AvgIpc) is 2.26. The normalized spacial score (nSPS) is 12.1. The van der Waals surface area contributed by atoms with E-state index in [1.54, 1.807) is 0 Å². The van der Waals surface area contributed by atoms with Crippen LogP contribution < -0.4 is 4.74 Å². The van der Waals surface area contributed by atoms with Crippen LogP contribution in [0.4, 0.5) is 22.0 Å². The number of benzene rings is 1. The van der Waals surface area contributed by atoms with Crippen LogP contribution in [0, 0.1) is 0 Å². The number of rotatable bonds is 4. The van der Waals surface area contributed by atoms with Gasteiger partial charge in [0.2, 0.25) is 0 Å². The summed E-state index contributed by atoms with van der Waals surface area (Å²) in [5.74, 6) is -3.74. The van der Waals surface area contributed by atoms with Gasteiger partial charge in [0, 0.05) is 10.7 Å². The van der Waals surface area contributed by atoms with Crippen LogP contribution in [0.2, 0.25) is 0 Å². The molecule has 0 amide bonds. The molecule has 0 aliphatic heterocycles. The summed E-state index contributed by atoms with van der Waals surface area (Å²) in [6.07, 6.45) is -8.08. The van der Waals surface area contributed by atoms with Crippen molar-refractivity contribution in [1.82, 2.24) is 0 Å². The number of ether oxygens (including phenoxy) is 1. The second-order valence-electron chi connectivity index (χ2n) is 3.10. The van der Waals surface area contributed by atoms with Gasteiger partial charge in [0.15, 0.2) is 0 Å². The lowest BCUT2D eigenvalue weighted by Crippen LogP contribution is -2.26. The SMILES string of the molecule is O=S(=O)(Cl)c1ccc(OC(F)(F)C(F)=C(F)F)cc1. The molecule has 0 spiro atoms. The molecule has 1 rings (SSSR count). The summed E-state index contributed by atoms with van der Waals surface area (Å²) in [6, 6.07) is 3.02. The van der Waals surface area contributed by atoms with Gasteiger partial charge in [-0.25, -0.2) is 8.42 Å². The zero-order valence-corrected chi connectivity index (χ0v) is 10.3. The van der Waals surface area contributed by atoms with Gasteiger partial charge in [0.05, 0.1) is 4.90 Å². The molecule has 0 saturated carbocycles. The Labute approximate surface area is 108 Å². The molecule has 0 aromatic heterocycles. The van der Waals surface area contributed by atoms with Gasteiger partial charge in [0.25, 0.3) is 14.9 Å². The molecule has 0 heterocycles. The first-order valence-corrected chi connectivity index (χ1v) is 6.68. The van der Waals surface area contributed by atoms with E-state index in [0.717, 1.165) is 12.1 Å². The fourth-order valence-corrected chi connectivity index (χ4v) is 1.74. The van der Waals surface area contributed by atoms with Crippen molar-refractivity contribution in [2.24, 2.45) is 0 Å². The van der Waals surface area contributed by atoms with Crippen molar-refractivity contribution < 1.29 is 35.1 Å². The van der Waals surface area contributed by atoms with E-state index in [4.69, 9.17) is 10.7 Å². The maximum absolute atomic E-state index is 12.8. The Morgan fingerprint density at radius 3 is 1.95 bits per heavy atom. The van der Waals surface area contributed by atoms with Crippen molar-refractivity contribution in [3.05, 3.63) is 36.2 Å². The van der Waals surface area contributed by atoms with E-state index < -0.39 is 37.7 Å². The molecule has 0 aliphatic rings. The molecule has 0 aliphatic carbocycles. The van der Waals surface area contributed by atoms with Crippen molar-refractivity contribution in [3.8, 4) is 5.75 Å². The smallest absolute Gasteiger partial charge is 0.427 e. The van der Waals surface area contributed by atoms with Crippen molar-refractivity contribution in [2.45, 2.75) is 11.0 Å². The Balaban J connectivity index is 2.99. The van der Waals surface area contributed by atoms with E-state index in [0.29, 0.717) is 12.1 Å². The van der Waals surface area contributed by atoms with Crippen molar-refractivity contribution in [3.63, 3.8) is 0 Å². The van der Waals surface area contributed by atoms with E-state index in [1.165, 1.54) is 0 Å². The predicted octanol–water partition coefficient (Wildman–Crippen LogP) is 3.66. The number of hydrogen-bond donors (Lipinski definition) is 0. The first-order chi connectivity index (χ1) is 8.54. The van der Waals surface area contributed by atoms with Gasteiger partial charge in [-0.2, -0.15) is 22.0 Å². The van der Waals surface area contributed by atoms with Crippen LogP contribution in [-0.2, 0) is 9.05 Å². The van der Waals surface area contributed by atoms with Crippen LogP contribution in [0.3, 0.4) is 0 Å². The monoisotopic (exact) mass is 322 g/mol. The summed E-state index contributed by atoms with van der Waals surface area (Å²) in [5, 5.41) is 0. The van der Waals surface area contributed by atoms with Gasteiger partial charge in [0.1, 0.15) is 5.75 Å². The lowest BCUT2D eigenvalue weighted by molar-refractivity contribution is -0.159. The maximum atomic E-state index is 12.8. The van der Waals surface area contributed by atoms with Gasteiger partial charge in [-0.15, -0.1) is 0 Å². The van der Waals surface area contributed by atoms with E-state index >= 15 is 0 Å². The molecule has 0 atom stereocenters. The quantitative estimate of drug-likeness (QED) is 0.627. The first kappa shape index (κ1) is 15.7.